The first-order chi connectivity index (χ1) is 9.27. The third kappa shape index (κ3) is 3.36. The van der Waals surface area contributed by atoms with Crippen molar-refractivity contribution in [2.45, 2.75) is 25.6 Å². The number of nitrogens with one attached hydrogen (secondary N) is 1. The number of alkyl halides is 3. The molecule has 2 rings (SSSR count). The Morgan fingerprint density at radius 1 is 1.35 bits per heavy atom. The van der Waals surface area contributed by atoms with Crippen molar-refractivity contribution >= 4 is 11.4 Å². The second kappa shape index (κ2) is 5.52. The molecule has 3 nitrogen and oxygen atoms in total. The summed E-state index contributed by atoms with van der Waals surface area (Å²) < 4.78 is 38.5. The summed E-state index contributed by atoms with van der Waals surface area (Å²) in [5.74, 6) is 0.389. The third-order valence-corrected chi connectivity index (χ3v) is 3.82. The van der Waals surface area contributed by atoms with Gasteiger partial charge in [-0.1, -0.05) is 6.92 Å². The fourth-order valence-electron chi connectivity index (χ4n) is 2.67. The van der Waals surface area contributed by atoms with Crippen molar-refractivity contribution < 1.29 is 13.2 Å². The highest BCUT2D eigenvalue weighted by molar-refractivity contribution is 5.58. The van der Waals surface area contributed by atoms with E-state index in [2.05, 4.69) is 24.2 Å². The van der Waals surface area contributed by atoms with E-state index >= 15 is 0 Å². The molecule has 1 saturated heterocycles. The molecule has 1 fully saturated rings. The predicted octanol–water partition coefficient (Wildman–Crippen LogP) is 3.04. The van der Waals surface area contributed by atoms with Crippen LogP contribution in [0.15, 0.2) is 18.2 Å². The Bertz CT molecular complexity index is 473. The number of piperidine rings is 1. The number of benzene rings is 1. The molecular formula is C14H20F3N3. The van der Waals surface area contributed by atoms with Gasteiger partial charge in [0.15, 0.2) is 0 Å². The number of nitrogen functional groups attached to an aromatic ring is 1. The molecule has 2 atom stereocenters. The van der Waals surface area contributed by atoms with E-state index in [0.717, 1.165) is 25.6 Å². The molecule has 0 aromatic heterocycles. The fourth-order valence-corrected chi connectivity index (χ4v) is 2.67. The quantitative estimate of drug-likeness (QED) is 0.822. The minimum atomic E-state index is -4.42. The van der Waals surface area contributed by atoms with E-state index in [-0.39, 0.29) is 11.7 Å². The van der Waals surface area contributed by atoms with Crippen LogP contribution in [-0.4, -0.2) is 31.1 Å². The van der Waals surface area contributed by atoms with Crippen molar-refractivity contribution in [1.29, 1.82) is 0 Å². The summed E-state index contributed by atoms with van der Waals surface area (Å²) >= 11 is 0. The summed E-state index contributed by atoms with van der Waals surface area (Å²) in [6.07, 6.45) is -3.50. The molecule has 0 bridgehead atoms. The molecule has 0 amide bonds. The molecular weight excluding hydrogens is 267 g/mol. The maximum atomic E-state index is 12.8. The van der Waals surface area contributed by atoms with Gasteiger partial charge in [-0.05, 0) is 44.1 Å². The van der Waals surface area contributed by atoms with E-state index in [0.29, 0.717) is 11.6 Å². The van der Waals surface area contributed by atoms with Crippen LogP contribution in [0.4, 0.5) is 24.5 Å². The van der Waals surface area contributed by atoms with Gasteiger partial charge in [-0.2, -0.15) is 13.2 Å². The van der Waals surface area contributed by atoms with Crippen LogP contribution in [0.1, 0.15) is 18.9 Å². The molecule has 112 valence electrons. The van der Waals surface area contributed by atoms with Crippen molar-refractivity contribution in [3.63, 3.8) is 0 Å². The van der Waals surface area contributed by atoms with Gasteiger partial charge in [0.2, 0.25) is 0 Å². The number of halogens is 3. The molecule has 2 unspecified atom stereocenters. The first-order valence-corrected chi connectivity index (χ1v) is 6.69. The third-order valence-electron chi connectivity index (χ3n) is 3.82. The lowest BCUT2D eigenvalue weighted by atomic mass is 9.94. The molecule has 0 saturated carbocycles. The summed E-state index contributed by atoms with van der Waals surface area (Å²) in [6, 6.07) is 4.21. The molecule has 0 spiro atoms. The summed E-state index contributed by atoms with van der Waals surface area (Å²) in [7, 11) is 2.05. The zero-order valence-electron chi connectivity index (χ0n) is 11.7. The van der Waals surface area contributed by atoms with Crippen molar-refractivity contribution in [3.8, 4) is 0 Å². The van der Waals surface area contributed by atoms with Crippen molar-refractivity contribution in [3.05, 3.63) is 23.8 Å². The highest BCUT2D eigenvalue weighted by Gasteiger charge is 2.33. The van der Waals surface area contributed by atoms with Crippen molar-refractivity contribution in [2.24, 2.45) is 5.92 Å². The SMILES string of the molecule is CC1CN(C)CCC1Nc1ccc(N)c(C(F)(F)F)c1. The van der Waals surface area contributed by atoms with Gasteiger partial charge < -0.3 is 16.0 Å². The molecule has 1 aliphatic rings. The molecule has 0 aliphatic carbocycles. The van der Waals surface area contributed by atoms with E-state index < -0.39 is 11.7 Å². The van der Waals surface area contributed by atoms with Gasteiger partial charge in [0.25, 0.3) is 0 Å². The molecule has 1 aromatic carbocycles. The Hall–Kier alpha value is -1.43. The second-order valence-electron chi connectivity index (χ2n) is 5.58. The van der Waals surface area contributed by atoms with Crippen LogP contribution < -0.4 is 11.1 Å². The molecule has 1 aromatic rings. The molecule has 1 heterocycles. The Kier molecular flexibility index (Phi) is 4.13. The standard InChI is InChI=1S/C14H20F3N3/c1-9-8-20(2)6-5-13(9)19-10-3-4-12(18)11(7-10)14(15,16)17/h3-4,7,9,13,19H,5-6,8,18H2,1-2H3. The number of hydrogen-bond donors (Lipinski definition) is 2. The minimum absolute atomic E-state index is 0.191. The number of rotatable bonds is 2. The van der Waals surface area contributed by atoms with Gasteiger partial charge >= 0.3 is 6.18 Å². The van der Waals surface area contributed by atoms with Crippen LogP contribution in [0, 0.1) is 5.92 Å². The first-order valence-electron chi connectivity index (χ1n) is 6.69. The maximum Gasteiger partial charge on any atom is 0.418 e. The van der Waals surface area contributed by atoms with E-state index in [1.54, 1.807) is 6.07 Å². The largest absolute Gasteiger partial charge is 0.418 e. The Labute approximate surface area is 116 Å². The summed E-state index contributed by atoms with van der Waals surface area (Å²) in [5, 5.41) is 3.21. The Balaban J connectivity index is 2.14. The summed E-state index contributed by atoms with van der Waals surface area (Å²) in [6.45, 7) is 4.00. The average Bonchev–Trinajstić information content (AvgIpc) is 2.33. The monoisotopic (exact) mass is 287 g/mol. The van der Waals surface area contributed by atoms with Gasteiger partial charge in [0.05, 0.1) is 5.56 Å². The maximum absolute atomic E-state index is 12.8. The zero-order chi connectivity index (χ0) is 14.9. The molecule has 6 heteroatoms. The van der Waals surface area contributed by atoms with Gasteiger partial charge in [-0.25, -0.2) is 0 Å². The van der Waals surface area contributed by atoms with Gasteiger partial charge in [0, 0.05) is 24.0 Å². The lowest BCUT2D eigenvalue weighted by molar-refractivity contribution is -0.136. The molecule has 3 N–H and O–H groups in total. The Morgan fingerprint density at radius 3 is 2.65 bits per heavy atom. The first kappa shape index (κ1) is 15.0. The van der Waals surface area contributed by atoms with Crippen molar-refractivity contribution in [1.82, 2.24) is 4.90 Å². The van der Waals surface area contributed by atoms with Gasteiger partial charge in [-0.3, -0.25) is 0 Å². The summed E-state index contributed by atoms with van der Waals surface area (Å²) in [4.78, 5) is 2.23. The smallest absolute Gasteiger partial charge is 0.398 e. The van der Waals surface area contributed by atoms with Crippen molar-refractivity contribution in [2.75, 3.05) is 31.2 Å². The van der Waals surface area contributed by atoms with E-state index in [4.69, 9.17) is 5.73 Å². The lowest BCUT2D eigenvalue weighted by Crippen LogP contribution is -2.43. The fraction of sp³-hybridized carbons (Fsp3) is 0.571. The highest BCUT2D eigenvalue weighted by atomic mass is 19.4. The number of anilines is 2. The molecule has 1 aliphatic heterocycles. The summed E-state index contributed by atoms with van der Waals surface area (Å²) in [5.41, 5.74) is 4.87. The van der Waals surface area contributed by atoms with Gasteiger partial charge in [0.1, 0.15) is 0 Å². The van der Waals surface area contributed by atoms with Crippen LogP contribution in [0.2, 0.25) is 0 Å². The number of hydrogen-bond acceptors (Lipinski definition) is 3. The second-order valence-corrected chi connectivity index (χ2v) is 5.58. The Morgan fingerprint density at radius 2 is 2.05 bits per heavy atom. The van der Waals surface area contributed by atoms with E-state index in [1.165, 1.54) is 6.07 Å². The zero-order valence-corrected chi connectivity index (χ0v) is 11.7. The van der Waals surface area contributed by atoms with Crippen LogP contribution in [0.25, 0.3) is 0 Å². The molecule has 20 heavy (non-hydrogen) atoms. The number of nitrogens with zero attached hydrogens (tertiary/aromatic N) is 1. The van der Waals surface area contributed by atoms with E-state index in [9.17, 15) is 13.2 Å². The van der Waals surface area contributed by atoms with E-state index in [1.807, 2.05) is 0 Å². The normalized spacial score (nSPS) is 24.6. The minimum Gasteiger partial charge on any atom is -0.398 e. The molecule has 0 radical (unpaired) electrons. The van der Waals surface area contributed by atoms with Crippen LogP contribution in [-0.2, 0) is 6.18 Å². The van der Waals surface area contributed by atoms with Crippen LogP contribution in [0.3, 0.4) is 0 Å². The average molecular weight is 287 g/mol. The lowest BCUT2D eigenvalue weighted by Gasteiger charge is -2.35. The number of nitrogens with two attached hydrogens (primary N) is 1. The topological polar surface area (TPSA) is 41.3 Å². The number of likely N-dealkylation sites (tertiary alicyclic amines) is 1. The van der Waals surface area contributed by atoms with Crippen LogP contribution >= 0.6 is 0 Å². The highest BCUT2D eigenvalue weighted by Crippen LogP contribution is 2.35. The van der Waals surface area contributed by atoms with Crippen LogP contribution in [0.5, 0.6) is 0 Å². The van der Waals surface area contributed by atoms with Gasteiger partial charge in [-0.15, -0.1) is 0 Å². The predicted molar refractivity (Wildman–Crippen MR) is 74.5 cm³/mol.